The van der Waals surface area contributed by atoms with E-state index >= 15 is 0 Å². The lowest BCUT2D eigenvalue weighted by Crippen LogP contribution is -2.46. The van der Waals surface area contributed by atoms with E-state index in [2.05, 4.69) is 27.4 Å². The number of nitrogens with zero attached hydrogens (tertiary/aromatic N) is 2. The van der Waals surface area contributed by atoms with Crippen molar-refractivity contribution in [3.63, 3.8) is 0 Å². The summed E-state index contributed by atoms with van der Waals surface area (Å²) in [5.41, 5.74) is -0.155. The predicted molar refractivity (Wildman–Crippen MR) is 118 cm³/mol. The summed E-state index contributed by atoms with van der Waals surface area (Å²) in [6.45, 7) is 8.21. The van der Waals surface area contributed by atoms with Gasteiger partial charge in [-0.3, -0.25) is 4.90 Å². The number of alkyl halides is 3. The Morgan fingerprint density at radius 2 is 1.65 bits per heavy atom. The highest BCUT2D eigenvalue weighted by atomic mass is 35.5. The van der Waals surface area contributed by atoms with Crippen molar-refractivity contribution in [1.82, 2.24) is 20.4 Å². The van der Waals surface area contributed by atoms with Crippen molar-refractivity contribution in [2.75, 3.05) is 45.8 Å². The molecule has 1 aromatic carbocycles. The first-order valence-electron chi connectivity index (χ1n) is 11.1. The first-order chi connectivity index (χ1) is 14.8. The Labute approximate surface area is 188 Å². The number of amides is 2. The molecule has 5 nitrogen and oxygen atoms in total. The second kappa shape index (κ2) is 13.1. The molecule has 0 radical (unpaired) electrons. The quantitative estimate of drug-likeness (QED) is 0.467. The van der Waals surface area contributed by atoms with Crippen molar-refractivity contribution in [3.05, 3.63) is 34.3 Å². The summed E-state index contributed by atoms with van der Waals surface area (Å²) in [7, 11) is 0. The molecule has 1 aliphatic rings. The first kappa shape index (κ1) is 25.7. The van der Waals surface area contributed by atoms with E-state index in [0.717, 1.165) is 58.1 Å². The van der Waals surface area contributed by atoms with Crippen LogP contribution in [0.3, 0.4) is 0 Å². The molecule has 1 heterocycles. The highest BCUT2D eigenvalue weighted by Crippen LogP contribution is 2.35. The molecule has 2 rings (SSSR count). The summed E-state index contributed by atoms with van der Waals surface area (Å²) in [6, 6.07) is 4.02. The molecular formula is C22H34ClF3N4O. The number of hydrogen-bond donors (Lipinski definition) is 2. The summed E-state index contributed by atoms with van der Waals surface area (Å²) in [5, 5.41) is 5.50. The van der Waals surface area contributed by atoms with Crippen LogP contribution in [0, 0.1) is 0 Å². The van der Waals surface area contributed by atoms with E-state index in [1.807, 2.05) is 0 Å². The normalized spacial score (nSPS) is 15.8. The van der Waals surface area contributed by atoms with Crippen LogP contribution >= 0.6 is 11.6 Å². The SMILES string of the molecule is CCCCCCNC(=O)NCCCN1CCN(Cc2ccc(Cl)c(C(F)(F)F)c2)CC1. The van der Waals surface area contributed by atoms with E-state index < -0.39 is 11.7 Å². The van der Waals surface area contributed by atoms with Gasteiger partial charge in [0.1, 0.15) is 0 Å². The van der Waals surface area contributed by atoms with E-state index in [0.29, 0.717) is 25.2 Å². The third kappa shape index (κ3) is 9.66. The molecule has 0 unspecified atom stereocenters. The van der Waals surface area contributed by atoms with Crippen molar-refractivity contribution in [2.45, 2.75) is 51.7 Å². The number of nitrogens with one attached hydrogen (secondary N) is 2. The number of unbranched alkanes of at least 4 members (excludes halogenated alkanes) is 3. The summed E-state index contributed by atoms with van der Waals surface area (Å²) in [5.74, 6) is 0. The fourth-order valence-electron chi connectivity index (χ4n) is 3.64. The molecule has 2 N–H and O–H groups in total. The molecule has 0 saturated carbocycles. The maximum atomic E-state index is 13.0. The van der Waals surface area contributed by atoms with Crippen molar-refractivity contribution >= 4 is 17.6 Å². The zero-order valence-corrected chi connectivity index (χ0v) is 19.0. The Hall–Kier alpha value is -1.51. The van der Waals surface area contributed by atoms with Crippen molar-refractivity contribution in [3.8, 4) is 0 Å². The number of piperazine rings is 1. The molecule has 9 heteroatoms. The standard InChI is InChI=1S/C22H34ClF3N4O/c1-2-3-4-5-9-27-21(31)28-10-6-11-29-12-14-30(15-13-29)17-18-7-8-20(23)19(16-18)22(24,25)26/h7-8,16H,2-6,9-15,17H2,1H3,(H2,27,28,31). The highest BCUT2D eigenvalue weighted by Gasteiger charge is 2.33. The number of benzene rings is 1. The van der Waals surface area contributed by atoms with Gasteiger partial charge in [-0.15, -0.1) is 0 Å². The number of carbonyl (C=O) groups is 1. The first-order valence-corrected chi connectivity index (χ1v) is 11.5. The largest absolute Gasteiger partial charge is 0.417 e. The smallest absolute Gasteiger partial charge is 0.338 e. The minimum absolute atomic E-state index is 0.109. The van der Waals surface area contributed by atoms with Gasteiger partial charge < -0.3 is 15.5 Å². The fraction of sp³-hybridized carbons (Fsp3) is 0.682. The molecule has 0 aliphatic carbocycles. The molecular weight excluding hydrogens is 429 g/mol. The molecule has 0 atom stereocenters. The lowest BCUT2D eigenvalue weighted by Gasteiger charge is -2.34. The van der Waals surface area contributed by atoms with Crippen LogP contribution in [0.4, 0.5) is 18.0 Å². The monoisotopic (exact) mass is 462 g/mol. The molecule has 0 bridgehead atoms. The van der Waals surface area contributed by atoms with Gasteiger partial charge >= 0.3 is 12.2 Å². The third-order valence-electron chi connectivity index (χ3n) is 5.46. The Balaban J connectivity index is 1.60. The number of halogens is 4. The summed E-state index contributed by atoms with van der Waals surface area (Å²) < 4.78 is 39.1. The Morgan fingerprint density at radius 1 is 1.00 bits per heavy atom. The summed E-state index contributed by atoms with van der Waals surface area (Å²) in [4.78, 5) is 16.2. The van der Waals surface area contributed by atoms with Crippen LogP contribution in [-0.4, -0.2) is 61.6 Å². The summed E-state index contributed by atoms with van der Waals surface area (Å²) >= 11 is 5.70. The molecule has 0 aromatic heterocycles. The minimum atomic E-state index is -4.44. The predicted octanol–water partition coefficient (Wildman–Crippen LogP) is 4.75. The molecule has 31 heavy (non-hydrogen) atoms. The average molecular weight is 463 g/mol. The van der Waals surface area contributed by atoms with Crippen LogP contribution in [-0.2, 0) is 12.7 Å². The second-order valence-electron chi connectivity index (χ2n) is 8.03. The van der Waals surface area contributed by atoms with E-state index in [4.69, 9.17) is 11.6 Å². The molecule has 1 saturated heterocycles. The Morgan fingerprint density at radius 3 is 2.29 bits per heavy atom. The lowest BCUT2D eigenvalue weighted by molar-refractivity contribution is -0.137. The van der Waals surface area contributed by atoms with Crippen LogP contribution in [0.1, 0.15) is 50.2 Å². The molecule has 176 valence electrons. The van der Waals surface area contributed by atoms with Crippen LogP contribution in [0.15, 0.2) is 18.2 Å². The van der Waals surface area contributed by atoms with Gasteiger partial charge in [0.05, 0.1) is 10.6 Å². The minimum Gasteiger partial charge on any atom is -0.338 e. The van der Waals surface area contributed by atoms with Gasteiger partial charge in [0.15, 0.2) is 0 Å². The Kier molecular flexibility index (Phi) is 10.9. The van der Waals surface area contributed by atoms with Gasteiger partial charge in [-0.1, -0.05) is 43.9 Å². The highest BCUT2D eigenvalue weighted by molar-refractivity contribution is 6.31. The van der Waals surface area contributed by atoms with Crippen LogP contribution < -0.4 is 10.6 Å². The van der Waals surface area contributed by atoms with Gasteiger partial charge in [0.2, 0.25) is 0 Å². The van der Waals surface area contributed by atoms with Crippen molar-refractivity contribution < 1.29 is 18.0 Å². The molecule has 1 fully saturated rings. The Bertz CT molecular complexity index is 679. The van der Waals surface area contributed by atoms with Crippen LogP contribution in [0.25, 0.3) is 0 Å². The zero-order chi connectivity index (χ0) is 22.7. The number of carbonyl (C=O) groups excluding carboxylic acids is 1. The zero-order valence-electron chi connectivity index (χ0n) is 18.2. The maximum absolute atomic E-state index is 13.0. The van der Waals surface area contributed by atoms with Gasteiger partial charge in [-0.2, -0.15) is 13.2 Å². The number of rotatable bonds is 11. The fourth-order valence-corrected chi connectivity index (χ4v) is 3.86. The molecule has 1 aromatic rings. The van der Waals surface area contributed by atoms with E-state index in [1.54, 1.807) is 6.07 Å². The number of urea groups is 1. The maximum Gasteiger partial charge on any atom is 0.417 e. The molecule has 2 amide bonds. The van der Waals surface area contributed by atoms with Crippen LogP contribution in [0.5, 0.6) is 0 Å². The second-order valence-corrected chi connectivity index (χ2v) is 8.43. The summed E-state index contributed by atoms with van der Waals surface area (Å²) in [6.07, 6.45) is 0.968. The van der Waals surface area contributed by atoms with E-state index in [-0.39, 0.29) is 11.1 Å². The van der Waals surface area contributed by atoms with Gasteiger partial charge in [-0.05, 0) is 37.1 Å². The van der Waals surface area contributed by atoms with Crippen molar-refractivity contribution in [2.24, 2.45) is 0 Å². The van der Waals surface area contributed by atoms with Crippen molar-refractivity contribution in [1.29, 1.82) is 0 Å². The van der Waals surface area contributed by atoms with E-state index in [1.165, 1.54) is 18.9 Å². The van der Waals surface area contributed by atoms with Gasteiger partial charge in [0.25, 0.3) is 0 Å². The van der Waals surface area contributed by atoms with Gasteiger partial charge in [0, 0.05) is 45.8 Å². The van der Waals surface area contributed by atoms with Gasteiger partial charge in [-0.25, -0.2) is 4.79 Å². The lowest BCUT2D eigenvalue weighted by atomic mass is 10.1. The number of hydrogen-bond acceptors (Lipinski definition) is 3. The third-order valence-corrected chi connectivity index (χ3v) is 5.79. The van der Waals surface area contributed by atoms with E-state index in [9.17, 15) is 18.0 Å². The van der Waals surface area contributed by atoms with Crippen LogP contribution in [0.2, 0.25) is 5.02 Å². The molecule has 1 aliphatic heterocycles. The topological polar surface area (TPSA) is 47.6 Å². The average Bonchev–Trinajstić information content (AvgIpc) is 2.73. The molecule has 0 spiro atoms.